The number of azo groups is 1. The number of hydrogen-bond donors (Lipinski definition) is 2. The van der Waals surface area contributed by atoms with Crippen molar-refractivity contribution in [3.8, 4) is 5.75 Å². The summed E-state index contributed by atoms with van der Waals surface area (Å²) < 4.78 is 43.4. The summed E-state index contributed by atoms with van der Waals surface area (Å²) in [6.45, 7) is 0. The van der Waals surface area contributed by atoms with Gasteiger partial charge in [-0.1, -0.05) is 0 Å². The van der Waals surface area contributed by atoms with Crippen LogP contribution in [0.4, 0.5) is 15.8 Å². The molecule has 0 radical (unpaired) electrons. The standard InChI is InChI=1S/C12H9FN2O4S/c13-8-1-6-12(16)11(7-8)15-14-9-2-4-10(5-3-9)20(17,18)19/h1-7,16H,(H,17,18,19). The fourth-order valence-electron chi connectivity index (χ4n) is 1.37. The van der Waals surface area contributed by atoms with Crippen molar-refractivity contribution in [1.29, 1.82) is 0 Å². The third kappa shape index (κ3) is 3.37. The number of halogens is 1. The molecule has 6 nitrogen and oxygen atoms in total. The summed E-state index contributed by atoms with van der Waals surface area (Å²) in [4.78, 5) is -0.273. The third-order valence-electron chi connectivity index (χ3n) is 2.35. The maximum Gasteiger partial charge on any atom is 0.294 e. The second-order valence-corrected chi connectivity index (χ2v) is 5.22. The Morgan fingerprint density at radius 2 is 1.65 bits per heavy atom. The molecule has 0 saturated heterocycles. The minimum Gasteiger partial charge on any atom is -0.506 e. The van der Waals surface area contributed by atoms with Gasteiger partial charge in [-0.2, -0.15) is 13.5 Å². The molecule has 0 bridgehead atoms. The van der Waals surface area contributed by atoms with Crippen molar-refractivity contribution in [3.05, 3.63) is 48.3 Å². The highest BCUT2D eigenvalue weighted by molar-refractivity contribution is 7.85. The molecule has 0 unspecified atom stereocenters. The van der Waals surface area contributed by atoms with Gasteiger partial charge in [-0.25, -0.2) is 4.39 Å². The van der Waals surface area contributed by atoms with Crippen LogP contribution in [-0.4, -0.2) is 18.1 Å². The van der Waals surface area contributed by atoms with E-state index in [1.54, 1.807) is 0 Å². The molecule has 0 aromatic heterocycles. The molecule has 0 aliphatic rings. The normalized spacial score (nSPS) is 11.9. The monoisotopic (exact) mass is 296 g/mol. The lowest BCUT2D eigenvalue weighted by Gasteiger charge is -1.98. The fraction of sp³-hybridized carbons (Fsp3) is 0. The molecule has 20 heavy (non-hydrogen) atoms. The van der Waals surface area contributed by atoms with Crippen molar-refractivity contribution in [1.82, 2.24) is 0 Å². The van der Waals surface area contributed by atoms with Gasteiger partial charge in [0.15, 0.2) is 0 Å². The molecule has 8 heteroatoms. The first kappa shape index (κ1) is 14.1. The maximum absolute atomic E-state index is 12.9. The molecule has 104 valence electrons. The van der Waals surface area contributed by atoms with Gasteiger partial charge in [-0.15, -0.1) is 5.11 Å². The number of phenolic OH excluding ortho intramolecular Hbond substituents is 1. The number of nitrogens with zero attached hydrogens (tertiary/aromatic N) is 2. The van der Waals surface area contributed by atoms with Crippen molar-refractivity contribution in [2.75, 3.05) is 0 Å². The minimum absolute atomic E-state index is 0.0520. The van der Waals surface area contributed by atoms with Crippen LogP contribution in [0.1, 0.15) is 0 Å². The summed E-state index contributed by atoms with van der Waals surface area (Å²) in [6, 6.07) is 8.14. The van der Waals surface area contributed by atoms with Gasteiger partial charge in [0, 0.05) is 6.07 Å². The molecule has 0 spiro atoms. The van der Waals surface area contributed by atoms with E-state index < -0.39 is 15.9 Å². The summed E-state index contributed by atoms with van der Waals surface area (Å²) in [5.41, 5.74) is 0.227. The molecule has 2 aromatic carbocycles. The zero-order chi connectivity index (χ0) is 14.8. The first-order valence-corrected chi connectivity index (χ1v) is 6.78. The molecule has 0 aliphatic carbocycles. The molecule has 0 aliphatic heterocycles. The van der Waals surface area contributed by atoms with Crippen LogP contribution in [0.15, 0.2) is 57.6 Å². The summed E-state index contributed by atoms with van der Waals surface area (Å²) in [7, 11) is -4.26. The van der Waals surface area contributed by atoms with Gasteiger partial charge in [0.05, 0.1) is 10.6 Å². The Bertz CT molecular complexity index is 758. The smallest absolute Gasteiger partial charge is 0.294 e. The van der Waals surface area contributed by atoms with Crippen LogP contribution in [0, 0.1) is 5.82 Å². The fourth-order valence-corrected chi connectivity index (χ4v) is 1.85. The van der Waals surface area contributed by atoms with E-state index in [4.69, 9.17) is 4.55 Å². The van der Waals surface area contributed by atoms with Gasteiger partial charge in [-0.3, -0.25) is 4.55 Å². The van der Waals surface area contributed by atoms with E-state index in [1.165, 1.54) is 12.1 Å². The molecule has 2 rings (SSSR count). The molecule has 0 atom stereocenters. The van der Waals surface area contributed by atoms with Gasteiger partial charge < -0.3 is 5.11 Å². The number of rotatable bonds is 3. The van der Waals surface area contributed by atoms with Crippen LogP contribution in [0.25, 0.3) is 0 Å². The predicted molar refractivity (Wildman–Crippen MR) is 68.5 cm³/mol. The Morgan fingerprint density at radius 3 is 2.25 bits per heavy atom. The molecule has 0 saturated carbocycles. The van der Waals surface area contributed by atoms with Crippen LogP contribution in [-0.2, 0) is 10.1 Å². The highest BCUT2D eigenvalue weighted by Crippen LogP contribution is 2.28. The summed E-state index contributed by atoms with van der Waals surface area (Å²) in [5, 5.41) is 16.8. The number of hydrogen-bond acceptors (Lipinski definition) is 5. The van der Waals surface area contributed by atoms with Crippen molar-refractivity contribution in [2.45, 2.75) is 4.90 Å². The highest BCUT2D eigenvalue weighted by atomic mass is 32.2. The molecule has 0 fully saturated rings. The molecular formula is C12H9FN2O4S. The van der Waals surface area contributed by atoms with Crippen molar-refractivity contribution >= 4 is 21.5 Å². The minimum atomic E-state index is -4.26. The van der Waals surface area contributed by atoms with E-state index in [1.807, 2.05) is 0 Å². The first-order chi connectivity index (χ1) is 9.36. The van der Waals surface area contributed by atoms with E-state index in [0.29, 0.717) is 0 Å². The molecule has 0 amide bonds. The van der Waals surface area contributed by atoms with Crippen molar-refractivity contribution in [3.63, 3.8) is 0 Å². The molecule has 2 N–H and O–H groups in total. The van der Waals surface area contributed by atoms with Crippen molar-refractivity contribution < 1.29 is 22.5 Å². The molecular weight excluding hydrogens is 287 g/mol. The summed E-state index contributed by atoms with van der Waals surface area (Å²) in [6.07, 6.45) is 0. The Balaban J connectivity index is 2.26. The van der Waals surface area contributed by atoms with E-state index in [2.05, 4.69) is 10.2 Å². The second kappa shape index (κ2) is 5.35. The topological polar surface area (TPSA) is 99.3 Å². The van der Waals surface area contributed by atoms with Crippen LogP contribution in [0.2, 0.25) is 0 Å². The quantitative estimate of drug-likeness (QED) is 0.671. The Kier molecular flexibility index (Phi) is 3.77. The van der Waals surface area contributed by atoms with Crippen LogP contribution >= 0.6 is 0 Å². The van der Waals surface area contributed by atoms with Crippen LogP contribution in [0.5, 0.6) is 5.75 Å². The zero-order valence-corrected chi connectivity index (χ0v) is 10.7. The predicted octanol–water partition coefficient (Wildman–Crippen LogP) is 3.19. The second-order valence-electron chi connectivity index (χ2n) is 3.80. The summed E-state index contributed by atoms with van der Waals surface area (Å²) in [5.74, 6) is -0.803. The Morgan fingerprint density at radius 1 is 1.00 bits per heavy atom. The Labute approximate surface area is 114 Å². The van der Waals surface area contributed by atoms with Crippen LogP contribution in [0.3, 0.4) is 0 Å². The Hall–Kier alpha value is -2.32. The molecule has 2 aromatic rings. The third-order valence-corrected chi connectivity index (χ3v) is 3.21. The zero-order valence-electron chi connectivity index (χ0n) is 9.93. The first-order valence-electron chi connectivity index (χ1n) is 5.34. The lowest BCUT2D eigenvalue weighted by molar-refractivity contribution is 0.474. The lowest BCUT2D eigenvalue weighted by Crippen LogP contribution is -1.96. The van der Waals surface area contributed by atoms with E-state index in [-0.39, 0.29) is 22.0 Å². The van der Waals surface area contributed by atoms with E-state index >= 15 is 0 Å². The number of phenols is 1. The van der Waals surface area contributed by atoms with E-state index in [0.717, 1.165) is 30.3 Å². The van der Waals surface area contributed by atoms with Crippen molar-refractivity contribution in [2.24, 2.45) is 10.2 Å². The van der Waals surface area contributed by atoms with Gasteiger partial charge >= 0.3 is 0 Å². The molecule has 0 heterocycles. The van der Waals surface area contributed by atoms with Gasteiger partial charge in [0.2, 0.25) is 0 Å². The van der Waals surface area contributed by atoms with Gasteiger partial charge in [0.1, 0.15) is 17.3 Å². The largest absolute Gasteiger partial charge is 0.506 e. The maximum atomic E-state index is 12.9. The number of benzene rings is 2. The lowest BCUT2D eigenvalue weighted by atomic mass is 10.3. The van der Waals surface area contributed by atoms with Gasteiger partial charge in [-0.05, 0) is 36.4 Å². The summed E-state index contributed by atoms with van der Waals surface area (Å²) >= 11 is 0. The SMILES string of the molecule is O=S(=O)(O)c1ccc(N=Nc2cc(F)ccc2O)cc1. The van der Waals surface area contributed by atoms with Gasteiger partial charge in [0.25, 0.3) is 10.1 Å². The number of aromatic hydroxyl groups is 1. The highest BCUT2D eigenvalue weighted by Gasteiger charge is 2.08. The van der Waals surface area contributed by atoms with E-state index in [9.17, 15) is 17.9 Å². The van der Waals surface area contributed by atoms with Crippen LogP contribution < -0.4 is 0 Å². The average Bonchev–Trinajstić information content (AvgIpc) is 2.39. The average molecular weight is 296 g/mol.